The Morgan fingerprint density at radius 3 is 2.58 bits per heavy atom. The van der Waals surface area contributed by atoms with Gasteiger partial charge in [-0.2, -0.15) is 0 Å². The van der Waals surface area contributed by atoms with Crippen molar-refractivity contribution in [3.05, 3.63) is 77.4 Å². The van der Waals surface area contributed by atoms with E-state index in [1.54, 1.807) is 0 Å². The smallest absolute Gasteiger partial charge is 0.140 e. The molecule has 0 N–H and O–H groups in total. The summed E-state index contributed by atoms with van der Waals surface area (Å²) in [5, 5.41) is 3.90. The summed E-state index contributed by atoms with van der Waals surface area (Å²) in [4.78, 5) is 13.0. The van der Waals surface area contributed by atoms with Gasteiger partial charge in [-0.15, -0.1) is 0 Å². The number of hydrogen-bond acceptors (Lipinski definition) is 1. The quantitative estimate of drug-likeness (QED) is 0.596. The zero-order valence-corrected chi connectivity index (χ0v) is 16.5. The molecule has 0 spiro atoms. The Kier molecular flexibility index (Phi) is 4.77. The van der Waals surface area contributed by atoms with Crippen LogP contribution in [0.25, 0.3) is 10.8 Å². The van der Waals surface area contributed by atoms with Crippen LogP contribution in [0, 0.1) is 13.8 Å². The van der Waals surface area contributed by atoms with E-state index in [0.29, 0.717) is 20.8 Å². The van der Waals surface area contributed by atoms with Crippen LogP contribution in [0.5, 0.6) is 0 Å². The van der Waals surface area contributed by atoms with Gasteiger partial charge in [0.05, 0.1) is 9.52 Å². The van der Waals surface area contributed by atoms with Gasteiger partial charge in [-0.1, -0.05) is 72.3 Å². The molecular weight excluding hydrogens is 332 g/mol. The third-order valence-corrected chi connectivity index (χ3v) is 7.64. The Labute approximate surface area is 158 Å². The molecule has 0 heterocycles. The monoisotopic (exact) mass is 356 g/mol. The van der Waals surface area contributed by atoms with E-state index < -0.39 is 0 Å². The first-order chi connectivity index (χ1) is 12.6. The van der Waals surface area contributed by atoms with Gasteiger partial charge in [0.15, 0.2) is 0 Å². The van der Waals surface area contributed by atoms with E-state index in [1.807, 2.05) is 0 Å². The molecule has 0 amide bonds. The molecule has 2 radical (unpaired) electrons. The summed E-state index contributed by atoms with van der Waals surface area (Å²) in [6.45, 7) is 4.40. The van der Waals surface area contributed by atoms with Crippen molar-refractivity contribution in [2.45, 2.75) is 44.6 Å². The lowest BCUT2D eigenvalue weighted by Gasteiger charge is -2.31. The number of Topliss-reactive ketones (excluding diaryl/α,β-unsaturated/α-hetero) is 1. The Bertz CT molecular complexity index is 954. The molecule has 3 aromatic rings. The molecule has 1 nitrogen and oxygen atoms in total. The van der Waals surface area contributed by atoms with Crippen molar-refractivity contribution in [3.8, 4) is 0 Å². The van der Waals surface area contributed by atoms with E-state index in [9.17, 15) is 4.79 Å². The van der Waals surface area contributed by atoms with E-state index in [2.05, 4.69) is 74.5 Å². The number of ketones is 1. The van der Waals surface area contributed by atoms with Gasteiger partial charge in [0.2, 0.25) is 0 Å². The van der Waals surface area contributed by atoms with Crippen LogP contribution in [-0.4, -0.2) is 15.3 Å². The van der Waals surface area contributed by atoms with Crippen LogP contribution in [0.1, 0.15) is 41.9 Å². The molecule has 0 aliphatic heterocycles. The number of rotatable bonds is 3. The Morgan fingerprint density at radius 2 is 1.69 bits per heavy atom. The van der Waals surface area contributed by atoms with Gasteiger partial charge < -0.3 is 0 Å². The molecule has 0 unspecified atom stereocenters. The normalized spacial score (nSPS) is 20.5. The van der Waals surface area contributed by atoms with E-state index in [-0.39, 0.29) is 5.92 Å². The van der Waals surface area contributed by atoms with Gasteiger partial charge >= 0.3 is 0 Å². The molecule has 1 saturated carbocycles. The molecule has 3 aromatic carbocycles. The van der Waals surface area contributed by atoms with Crippen LogP contribution in [0.3, 0.4) is 0 Å². The minimum absolute atomic E-state index is 0.0353. The molecule has 26 heavy (non-hydrogen) atoms. The van der Waals surface area contributed by atoms with Gasteiger partial charge in [0.25, 0.3) is 0 Å². The van der Waals surface area contributed by atoms with Gasteiger partial charge in [-0.3, -0.25) is 4.79 Å². The number of aryl methyl sites for hydroxylation is 1. The average molecular weight is 357 g/mol. The minimum Gasteiger partial charge on any atom is -0.299 e. The first-order valence-electron chi connectivity index (χ1n) is 9.48. The van der Waals surface area contributed by atoms with Crippen LogP contribution >= 0.6 is 0 Å². The van der Waals surface area contributed by atoms with Crippen molar-refractivity contribution < 1.29 is 4.79 Å². The Hall–Kier alpha value is -2.19. The lowest BCUT2D eigenvalue weighted by atomic mass is 9.80. The zero-order chi connectivity index (χ0) is 18.1. The number of fused-ring (bicyclic) bond motifs is 1. The second-order valence-corrected chi connectivity index (χ2v) is 8.97. The van der Waals surface area contributed by atoms with Crippen LogP contribution in [0.4, 0.5) is 0 Å². The summed E-state index contributed by atoms with van der Waals surface area (Å²) >= 11 is 0. The van der Waals surface area contributed by atoms with Crippen molar-refractivity contribution in [1.82, 2.24) is 0 Å². The summed E-state index contributed by atoms with van der Waals surface area (Å²) in [5.74, 6) is 0.462. The summed E-state index contributed by atoms with van der Waals surface area (Å²) < 4.78 is 0. The Balaban J connectivity index is 1.76. The molecule has 2 atom stereocenters. The fourth-order valence-electron chi connectivity index (χ4n) is 4.22. The van der Waals surface area contributed by atoms with Gasteiger partial charge in [-0.05, 0) is 53.3 Å². The van der Waals surface area contributed by atoms with Crippen LogP contribution in [0.2, 0.25) is 5.54 Å². The maximum atomic E-state index is 13.0. The number of carbonyl (C=O) groups excluding carboxylic acids is 1. The van der Waals surface area contributed by atoms with Crippen molar-refractivity contribution in [1.29, 1.82) is 0 Å². The summed E-state index contributed by atoms with van der Waals surface area (Å²) in [7, 11) is 0.691. The van der Waals surface area contributed by atoms with Crippen LogP contribution in [0.15, 0.2) is 60.7 Å². The second kappa shape index (κ2) is 7.20. The molecule has 0 saturated heterocycles. The van der Waals surface area contributed by atoms with Crippen molar-refractivity contribution >= 4 is 31.3 Å². The number of carbonyl (C=O) groups is 1. The third kappa shape index (κ3) is 3.14. The van der Waals surface area contributed by atoms with Crippen LogP contribution in [-0.2, 0) is 4.79 Å². The lowest BCUT2D eigenvalue weighted by molar-refractivity contribution is -0.121. The second-order valence-electron chi connectivity index (χ2n) is 7.40. The molecule has 1 aliphatic rings. The van der Waals surface area contributed by atoms with Gasteiger partial charge in [0, 0.05) is 12.3 Å². The van der Waals surface area contributed by atoms with Gasteiger partial charge in [-0.25, -0.2) is 0 Å². The fourth-order valence-corrected chi connectivity index (χ4v) is 6.10. The highest BCUT2D eigenvalue weighted by atomic mass is 28.2. The highest BCUT2D eigenvalue weighted by molar-refractivity contribution is 6.56. The Morgan fingerprint density at radius 1 is 0.923 bits per heavy atom. The predicted octanol–water partition coefficient (Wildman–Crippen LogP) is 5.11. The third-order valence-electron chi connectivity index (χ3n) is 5.79. The predicted molar refractivity (Wildman–Crippen MR) is 111 cm³/mol. The summed E-state index contributed by atoms with van der Waals surface area (Å²) in [5.41, 5.74) is 4.39. The maximum absolute atomic E-state index is 13.0. The molecular formula is C24H24OSi. The van der Waals surface area contributed by atoms with E-state index in [0.717, 1.165) is 19.3 Å². The molecule has 2 heteroatoms. The topological polar surface area (TPSA) is 17.1 Å². The fraction of sp³-hybridized carbons (Fsp3) is 0.292. The maximum Gasteiger partial charge on any atom is 0.140 e. The molecule has 0 bridgehead atoms. The summed E-state index contributed by atoms with van der Waals surface area (Å²) in [6.07, 6.45) is 2.90. The van der Waals surface area contributed by atoms with Crippen molar-refractivity contribution in [3.63, 3.8) is 0 Å². The van der Waals surface area contributed by atoms with Gasteiger partial charge in [0.1, 0.15) is 5.78 Å². The highest BCUT2D eigenvalue weighted by Crippen LogP contribution is 2.41. The summed E-state index contributed by atoms with van der Waals surface area (Å²) in [6, 6.07) is 21.5. The molecule has 1 fully saturated rings. The van der Waals surface area contributed by atoms with E-state index in [4.69, 9.17) is 0 Å². The highest BCUT2D eigenvalue weighted by Gasteiger charge is 2.34. The average Bonchev–Trinajstić information content (AvgIpc) is 2.65. The van der Waals surface area contributed by atoms with Crippen molar-refractivity contribution in [2.24, 2.45) is 0 Å². The molecule has 0 aromatic heterocycles. The molecule has 130 valence electrons. The zero-order valence-electron chi connectivity index (χ0n) is 15.5. The van der Waals surface area contributed by atoms with Crippen LogP contribution < -0.4 is 5.19 Å². The lowest BCUT2D eigenvalue weighted by Crippen LogP contribution is -2.32. The first kappa shape index (κ1) is 17.2. The molecule has 1 aliphatic carbocycles. The SMILES string of the molecule is Cc1cccc([Si][C@H]2CCCC(=O)[C@@H]2c2cccc3ccccc23)c1C. The van der Waals surface area contributed by atoms with Crippen molar-refractivity contribution in [2.75, 3.05) is 0 Å². The largest absolute Gasteiger partial charge is 0.299 e. The molecule has 4 rings (SSSR count). The van der Waals surface area contributed by atoms with E-state index >= 15 is 0 Å². The minimum atomic E-state index is 0.0353. The standard InChI is InChI=1S/C24H24OSi/c1-16-8-5-14-22(17(16)2)26-23-15-7-13-21(25)24(23)20-12-6-10-18-9-3-4-11-19(18)20/h3-6,8-12,14,23-24H,7,13,15H2,1-2H3/t23-,24-/m0/s1. The van der Waals surface area contributed by atoms with E-state index in [1.165, 1.54) is 32.6 Å². The number of hydrogen-bond donors (Lipinski definition) is 0. The first-order valence-corrected chi connectivity index (χ1v) is 10.6. The number of benzene rings is 3.